The van der Waals surface area contributed by atoms with Gasteiger partial charge in [0.1, 0.15) is 0 Å². The van der Waals surface area contributed by atoms with Crippen LogP contribution in [-0.4, -0.2) is 35.9 Å². The highest BCUT2D eigenvalue weighted by atomic mass is 16.5. The molecular weight excluding hydrogens is 236 g/mol. The van der Waals surface area contributed by atoms with Crippen LogP contribution in [0.2, 0.25) is 0 Å². The van der Waals surface area contributed by atoms with Gasteiger partial charge in [0, 0.05) is 19.6 Å². The van der Waals surface area contributed by atoms with Gasteiger partial charge in [0.25, 0.3) is 0 Å². The van der Waals surface area contributed by atoms with Crippen molar-refractivity contribution in [1.82, 2.24) is 10.2 Å². The molecule has 0 bridgehead atoms. The van der Waals surface area contributed by atoms with E-state index in [9.17, 15) is 4.79 Å². The first kappa shape index (κ1) is 13.0. The van der Waals surface area contributed by atoms with Crippen molar-refractivity contribution in [3.8, 4) is 0 Å². The van der Waals surface area contributed by atoms with Crippen molar-refractivity contribution in [1.29, 1.82) is 0 Å². The van der Waals surface area contributed by atoms with Gasteiger partial charge in [-0.25, -0.2) is 0 Å². The molecule has 1 saturated carbocycles. The van der Waals surface area contributed by atoms with E-state index in [1.165, 1.54) is 0 Å². The highest BCUT2D eigenvalue weighted by Crippen LogP contribution is 2.39. The molecule has 2 rings (SSSR count). The number of nitrogens with zero attached hydrogens (tertiary/aromatic N) is 2. The number of amides is 1. The lowest BCUT2D eigenvalue weighted by atomic mass is 10.1. The van der Waals surface area contributed by atoms with E-state index in [0.717, 1.165) is 19.3 Å². The topological polar surface area (TPSA) is 103 Å². The van der Waals surface area contributed by atoms with Crippen molar-refractivity contribution >= 4 is 11.9 Å². The van der Waals surface area contributed by atoms with Gasteiger partial charge in [-0.2, -0.15) is 0 Å². The van der Waals surface area contributed by atoms with E-state index in [1.807, 2.05) is 0 Å². The lowest BCUT2D eigenvalue weighted by Gasteiger charge is -2.09. The third kappa shape index (κ3) is 3.51. The zero-order chi connectivity index (χ0) is 13.0. The first-order valence-corrected chi connectivity index (χ1v) is 6.09. The number of rotatable bonds is 7. The second kappa shape index (κ2) is 5.92. The number of anilines is 1. The van der Waals surface area contributed by atoms with Crippen LogP contribution >= 0.6 is 0 Å². The number of aromatic nitrogens is 2. The van der Waals surface area contributed by atoms with Gasteiger partial charge in [-0.05, 0) is 25.7 Å². The molecule has 0 radical (unpaired) electrons. The van der Waals surface area contributed by atoms with Crippen LogP contribution in [0.3, 0.4) is 0 Å². The number of carbonyl (C=O) groups excluding carboxylic acids is 1. The molecule has 7 heteroatoms. The number of nitrogens with one attached hydrogen (secondary N) is 1. The Labute approximate surface area is 105 Å². The van der Waals surface area contributed by atoms with Crippen LogP contribution in [0, 0.1) is 0 Å². The minimum atomic E-state index is -0.587. The molecular formula is C11H18N4O3. The fourth-order valence-electron chi connectivity index (χ4n) is 1.56. The van der Waals surface area contributed by atoms with Crippen LogP contribution < -0.4 is 11.1 Å². The fourth-order valence-corrected chi connectivity index (χ4v) is 1.56. The van der Waals surface area contributed by atoms with E-state index in [0.29, 0.717) is 24.8 Å². The normalized spacial score (nSPS) is 16.6. The summed E-state index contributed by atoms with van der Waals surface area (Å²) in [5.74, 6) is 0.661. The molecule has 0 aromatic carbocycles. The fraction of sp³-hybridized carbons (Fsp3) is 0.727. The van der Waals surface area contributed by atoms with Gasteiger partial charge in [0.05, 0.1) is 6.04 Å². The minimum absolute atomic E-state index is 0.129. The first-order chi connectivity index (χ1) is 8.70. The Kier molecular flexibility index (Phi) is 4.27. The molecule has 0 spiro atoms. The predicted molar refractivity (Wildman–Crippen MR) is 64.0 cm³/mol. The van der Waals surface area contributed by atoms with Crippen molar-refractivity contribution in [3.05, 3.63) is 5.89 Å². The molecule has 1 aliphatic rings. The van der Waals surface area contributed by atoms with Gasteiger partial charge >= 0.3 is 6.01 Å². The highest BCUT2D eigenvalue weighted by molar-refractivity contribution is 5.92. The van der Waals surface area contributed by atoms with E-state index in [-0.39, 0.29) is 11.9 Å². The molecule has 0 aliphatic heterocycles. The van der Waals surface area contributed by atoms with Crippen molar-refractivity contribution in [3.63, 3.8) is 0 Å². The van der Waals surface area contributed by atoms with Gasteiger partial charge in [-0.1, -0.05) is 5.10 Å². The molecule has 1 aromatic heterocycles. The van der Waals surface area contributed by atoms with Gasteiger partial charge in [-0.3, -0.25) is 10.1 Å². The van der Waals surface area contributed by atoms with Gasteiger partial charge in [0.15, 0.2) is 0 Å². The average molecular weight is 254 g/mol. The third-order valence-corrected chi connectivity index (χ3v) is 2.80. The summed E-state index contributed by atoms with van der Waals surface area (Å²) < 4.78 is 10.2. The molecule has 1 heterocycles. The second-order valence-corrected chi connectivity index (χ2v) is 4.45. The second-order valence-electron chi connectivity index (χ2n) is 4.45. The van der Waals surface area contributed by atoms with Crippen LogP contribution in [0.1, 0.15) is 37.5 Å². The number of hydrogen-bond donors (Lipinski definition) is 2. The average Bonchev–Trinajstić information content (AvgIpc) is 3.11. The van der Waals surface area contributed by atoms with Crippen molar-refractivity contribution < 1.29 is 13.9 Å². The van der Waals surface area contributed by atoms with E-state index >= 15 is 0 Å². The molecule has 3 N–H and O–H groups in total. The molecule has 0 saturated heterocycles. The lowest BCUT2D eigenvalue weighted by molar-refractivity contribution is -0.117. The van der Waals surface area contributed by atoms with Crippen LogP contribution in [-0.2, 0) is 9.53 Å². The minimum Gasteiger partial charge on any atom is -0.408 e. The molecule has 1 unspecified atom stereocenters. The van der Waals surface area contributed by atoms with Crippen molar-refractivity contribution in [2.45, 2.75) is 37.6 Å². The van der Waals surface area contributed by atoms with Crippen molar-refractivity contribution in [2.75, 3.05) is 19.0 Å². The summed E-state index contributed by atoms with van der Waals surface area (Å²) in [7, 11) is 1.61. The maximum atomic E-state index is 11.7. The van der Waals surface area contributed by atoms with Crippen LogP contribution in [0.25, 0.3) is 0 Å². The van der Waals surface area contributed by atoms with E-state index in [2.05, 4.69) is 15.5 Å². The maximum absolute atomic E-state index is 11.7. The summed E-state index contributed by atoms with van der Waals surface area (Å²) >= 11 is 0. The standard InChI is InChI=1S/C11H18N4O3/c1-17-6-2-3-8(12)9(16)13-11-15-14-10(18-11)7-4-5-7/h7-8H,2-6,12H2,1H3,(H,13,15,16). The quantitative estimate of drug-likeness (QED) is 0.692. The Bertz CT molecular complexity index is 403. The van der Waals surface area contributed by atoms with Crippen LogP contribution in [0.15, 0.2) is 4.42 Å². The summed E-state index contributed by atoms with van der Waals surface area (Å²) in [6.45, 7) is 0.591. The Morgan fingerprint density at radius 3 is 3.06 bits per heavy atom. The molecule has 1 fully saturated rings. The number of hydrogen-bond acceptors (Lipinski definition) is 6. The first-order valence-electron chi connectivity index (χ1n) is 6.09. The molecule has 1 atom stereocenters. The Hall–Kier alpha value is -1.47. The van der Waals surface area contributed by atoms with E-state index < -0.39 is 6.04 Å². The Morgan fingerprint density at radius 1 is 1.61 bits per heavy atom. The number of nitrogens with two attached hydrogens (primary N) is 1. The predicted octanol–water partition coefficient (Wildman–Crippen LogP) is 0.639. The largest absolute Gasteiger partial charge is 0.408 e. The monoisotopic (exact) mass is 254 g/mol. The summed E-state index contributed by atoms with van der Waals surface area (Å²) in [6.07, 6.45) is 3.45. The summed E-state index contributed by atoms with van der Waals surface area (Å²) in [6, 6.07) is -0.458. The Morgan fingerprint density at radius 2 is 2.39 bits per heavy atom. The molecule has 1 aliphatic carbocycles. The lowest BCUT2D eigenvalue weighted by Crippen LogP contribution is -2.35. The molecule has 100 valence electrons. The maximum Gasteiger partial charge on any atom is 0.322 e. The van der Waals surface area contributed by atoms with E-state index in [4.69, 9.17) is 14.9 Å². The Balaban J connectivity index is 1.78. The number of ether oxygens (including phenoxy) is 1. The zero-order valence-corrected chi connectivity index (χ0v) is 10.4. The van der Waals surface area contributed by atoms with E-state index in [1.54, 1.807) is 7.11 Å². The van der Waals surface area contributed by atoms with Gasteiger partial charge in [-0.15, -0.1) is 5.10 Å². The number of methoxy groups -OCH3 is 1. The van der Waals surface area contributed by atoms with Gasteiger partial charge < -0.3 is 14.9 Å². The smallest absolute Gasteiger partial charge is 0.322 e. The van der Waals surface area contributed by atoms with Crippen LogP contribution in [0.5, 0.6) is 0 Å². The van der Waals surface area contributed by atoms with Crippen molar-refractivity contribution in [2.24, 2.45) is 5.73 Å². The third-order valence-electron chi connectivity index (χ3n) is 2.80. The summed E-state index contributed by atoms with van der Waals surface area (Å²) in [5.41, 5.74) is 5.73. The number of carbonyl (C=O) groups is 1. The highest BCUT2D eigenvalue weighted by Gasteiger charge is 2.29. The summed E-state index contributed by atoms with van der Waals surface area (Å²) in [5, 5.41) is 10.2. The SMILES string of the molecule is COCCCC(N)C(=O)Nc1nnc(C2CC2)o1. The van der Waals surface area contributed by atoms with Gasteiger partial charge in [0.2, 0.25) is 11.8 Å². The molecule has 7 nitrogen and oxygen atoms in total. The molecule has 1 amide bonds. The molecule has 18 heavy (non-hydrogen) atoms. The zero-order valence-electron chi connectivity index (χ0n) is 10.4. The van der Waals surface area contributed by atoms with Crippen LogP contribution in [0.4, 0.5) is 6.01 Å². The summed E-state index contributed by atoms with van der Waals surface area (Å²) in [4.78, 5) is 11.7. The molecule has 1 aromatic rings.